The minimum atomic E-state index is -0.477. The van der Waals surface area contributed by atoms with E-state index in [2.05, 4.69) is 17.6 Å². The maximum Gasteiger partial charge on any atom is 0.324 e. The van der Waals surface area contributed by atoms with Gasteiger partial charge in [-0.2, -0.15) is 0 Å². The number of hydrogen-bond donors (Lipinski definition) is 2. The zero-order valence-corrected chi connectivity index (χ0v) is 11.6. The predicted molar refractivity (Wildman–Crippen MR) is 73.5 cm³/mol. The number of rotatable bonds is 4. The van der Waals surface area contributed by atoms with Crippen molar-refractivity contribution in [2.45, 2.75) is 19.8 Å². The molecule has 19 heavy (non-hydrogen) atoms. The van der Waals surface area contributed by atoms with Crippen LogP contribution in [-0.4, -0.2) is 30.5 Å². The molecule has 0 atom stereocenters. The van der Waals surface area contributed by atoms with Gasteiger partial charge in [-0.25, -0.2) is 0 Å². The second-order valence-electron chi connectivity index (χ2n) is 5.14. The van der Waals surface area contributed by atoms with E-state index in [1.807, 2.05) is 0 Å². The third-order valence-electron chi connectivity index (χ3n) is 3.48. The normalized spacial score (nSPS) is 17.9. The molecule has 1 aromatic rings. The van der Waals surface area contributed by atoms with E-state index >= 15 is 0 Å². The summed E-state index contributed by atoms with van der Waals surface area (Å²) in [6.07, 6.45) is 2.05. The summed E-state index contributed by atoms with van der Waals surface area (Å²) in [5.74, 6) is -0.224. The third-order valence-corrected chi connectivity index (χ3v) is 4.52. The Morgan fingerprint density at radius 3 is 2.79 bits per heavy atom. The molecule has 2 rings (SSSR count). The van der Waals surface area contributed by atoms with E-state index in [0.717, 1.165) is 37.3 Å². The van der Waals surface area contributed by atoms with E-state index in [9.17, 15) is 14.9 Å². The standard InChI is InChI=1S/C12H17N3O3S/c1-12(4-6-13-7-5-12)8-14-11(16)9-2-3-10(19-9)15(17)18/h2-3,13H,4-8H2,1H3,(H,14,16). The highest BCUT2D eigenvalue weighted by Gasteiger charge is 2.27. The van der Waals surface area contributed by atoms with Crippen molar-refractivity contribution in [3.05, 3.63) is 27.1 Å². The molecule has 6 nitrogen and oxygen atoms in total. The molecule has 0 spiro atoms. The van der Waals surface area contributed by atoms with Crippen molar-refractivity contribution >= 4 is 22.2 Å². The quantitative estimate of drug-likeness (QED) is 0.651. The summed E-state index contributed by atoms with van der Waals surface area (Å²) in [5, 5.41) is 16.7. The number of nitrogens with one attached hydrogen (secondary N) is 2. The molecule has 7 heteroatoms. The van der Waals surface area contributed by atoms with Gasteiger partial charge in [0.25, 0.3) is 5.91 Å². The molecular weight excluding hydrogens is 266 g/mol. The van der Waals surface area contributed by atoms with Crippen LogP contribution >= 0.6 is 11.3 Å². The first-order chi connectivity index (χ1) is 9.00. The van der Waals surface area contributed by atoms with Crippen LogP contribution < -0.4 is 10.6 Å². The fraction of sp³-hybridized carbons (Fsp3) is 0.583. The number of nitrogens with zero attached hydrogens (tertiary/aromatic N) is 1. The Kier molecular flexibility index (Phi) is 4.16. The lowest BCUT2D eigenvalue weighted by Gasteiger charge is -2.34. The van der Waals surface area contributed by atoms with Crippen molar-refractivity contribution < 1.29 is 9.72 Å². The van der Waals surface area contributed by atoms with Crippen molar-refractivity contribution in [3.63, 3.8) is 0 Å². The maximum atomic E-state index is 11.9. The number of piperidine rings is 1. The van der Waals surface area contributed by atoms with Crippen LogP contribution in [0.3, 0.4) is 0 Å². The molecule has 0 saturated carbocycles. The summed E-state index contributed by atoms with van der Waals surface area (Å²) in [4.78, 5) is 22.4. The van der Waals surface area contributed by atoms with Crippen LogP contribution in [0.25, 0.3) is 0 Å². The van der Waals surface area contributed by atoms with E-state index in [-0.39, 0.29) is 16.3 Å². The van der Waals surface area contributed by atoms with Crippen molar-refractivity contribution in [1.29, 1.82) is 0 Å². The molecule has 1 aliphatic heterocycles. The van der Waals surface area contributed by atoms with Crippen molar-refractivity contribution in [2.24, 2.45) is 5.41 Å². The van der Waals surface area contributed by atoms with Crippen molar-refractivity contribution in [3.8, 4) is 0 Å². The van der Waals surface area contributed by atoms with Gasteiger partial charge in [-0.1, -0.05) is 18.3 Å². The molecule has 1 amide bonds. The van der Waals surface area contributed by atoms with Crippen molar-refractivity contribution in [2.75, 3.05) is 19.6 Å². The molecule has 1 fully saturated rings. The molecule has 2 heterocycles. The Morgan fingerprint density at radius 1 is 1.53 bits per heavy atom. The first-order valence-electron chi connectivity index (χ1n) is 6.23. The topological polar surface area (TPSA) is 84.3 Å². The van der Waals surface area contributed by atoms with E-state index in [1.165, 1.54) is 12.1 Å². The van der Waals surface area contributed by atoms with E-state index < -0.39 is 4.92 Å². The Bertz CT molecular complexity index is 480. The van der Waals surface area contributed by atoms with Gasteiger partial charge in [-0.3, -0.25) is 14.9 Å². The summed E-state index contributed by atoms with van der Waals surface area (Å²) >= 11 is 0.911. The van der Waals surface area contributed by atoms with Gasteiger partial charge in [0.05, 0.1) is 9.80 Å². The largest absolute Gasteiger partial charge is 0.351 e. The van der Waals surface area contributed by atoms with Gasteiger partial charge in [0.1, 0.15) is 0 Å². The fourth-order valence-electron chi connectivity index (χ4n) is 2.14. The van der Waals surface area contributed by atoms with Gasteiger partial charge in [0.2, 0.25) is 0 Å². The Balaban J connectivity index is 1.91. The molecule has 1 aliphatic rings. The average Bonchev–Trinajstić information content (AvgIpc) is 2.87. The second-order valence-corrected chi connectivity index (χ2v) is 6.20. The molecule has 0 aromatic carbocycles. The SMILES string of the molecule is CC1(CNC(=O)c2ccc([N+](=O)[O-])s2)CCNCC1. The highest BCUT2D eigenvalue weighted by Crippen LogP contribution is 2.27. The smallest absolute Gasteiger partial charge is 0.324 e. The highest BCUT2D eigenvalue weighted by molar-refractivity contribution is 7.17. The highest BCUT2D eigenvalue weighted by atomic mass is 32.1. The molecular formula is C12H17N3O3S. The molecule has 104 valence electrons. The zero-order valence-electron chi connectivity index (χ0n) is 10.8. The average molecular weight is 283 g/mol. The number of thiophene rings is 1. The number of amides is 1. The van der Waals surface area contributed by atoms with Gasteiger partial charge in [-0.05, 0) is 37.4 Å². The van der Waals surface area contributed by atoms with Crippen LogP contribution in [0.5, 0.6) is 0 Å². The second kappa shape index (κ2) is 5.66. The number of carbonyl (C=O) groups excluding carboxylic acids is 1. The molecule has 1 saturated heterocycles. The summed E-state index contributed by atoms with van der Waals surface area (Å²) in [6.45, 7) is 4.71. The van der Waals surface area contributed by atoms with Crippen LogP contribution in [0.4, 0.5) is 5.00 Å². The third kappa shape index (κ3) is 3.51. The molecule has 2 N–H and O–H groups in total. The molecule has 0 radical (unpaired) electrons. The van der Waals surface area contributed by atoms with Crippen LogP contribution in [0.15, 0.2) is 12.1 Å². The number of carbonyl (C=O) groups is 1. The maximum absolute atomic E-state index is 11.9. The van der Waals surface area contributed by atoms with Gasteiger partial charge in [0, 0.05) is 12.6 Å². The van der Waals surface area contributed by atoms with Gasteiger partial charge < -0.3 is 10.6 Å². The van der Waals surface area contributed by atoms with E-state index in [1.54, 1.807) is 0 Å². The first kappa shape index (κ1) is 14.0. The molecule has 0 bridgehead atoms. The Hall–Kier alpha value is -1.47. The lowest BCUT2D eigenvalue weighted by molar-refractivity contribution is -0.380. The fourth-order valence-corrected chi connectivity index (χ4v) is 2.87. The number of hydrogen-bond acceptors (Lipinski definition) is 5. The summed E-state index contributed by atoms with van der Waals surface area (Å²) in [7, 11) is 0. The number of nitro groups is 1. The predicted octanol–water partition coefficient (Wildman–Crippen LogP) is 1.78. The first-order valence-corrected chi connectivity index (χ1v) is 7.05. The van der Waals surface area contributed by atoms with Crippen LogP contribution in [0, 0.1) is 15.5 Å². The molecule has 1 aromatic heterocycles. The van der Waals surface area contributed by atoms with Crippen LogP contribution in [-0.2, 0) is 0 Å². The van der Waals surface area contributed by atoms with Gasteiger partial charge >= 0.3 is 5.00 Å². The van der Waals surface area contributed by atoms with Crippen molar-refractivity contribution in [1.82, 2.24) is 10.6 Å². The summed E-state index contributed by atoms with van der Waals surface area (Å²) in [6, 6.07) is 2.87. The lowest BCUT2D eigenvalue weighted by atomic mass is 9.81. The van der Waals surface area contributed by atoms with Crippen LogP contribution in [0.1, 0.15) is 29.4 Å². The molecule has 0 unspecified atom stereocenters. The van der Waals surface area contributed by atoms with Gasteiger partial charge in [-0.15, -0.1) is 0 Å². The van der Waals surface area contributed by atoms with Crippen LogP contribution in [0.2, 0.25) is 0 Å². The minimum Gasteiger partial charge on any atom is -0.351 e. The summed E-state index contributed by atoms with van der Waals surface area (Å²) in [5.41, 5.74) is 0.115. The Labute approximate surface area is 115 Å². The Morgan fingerprint density at radius 2 is 2.21 bits per heavy atom. The minimum absolute atomic E-state index is 0.00164. The van der Waals surface area contributed by atoms with Gasteiger partial charge in [0.15, 0.2) is 0 Å². The molecule has 0 aliphatic carbocycles. The lowest BCUT2D eigenvalue weighted by Crippen LogP contribution is -2.42. The summed E-state index contributed by atoms with van der Waals surface area (Å²) < 4.78 is 0. The monoisotopic (exact) mass is 283 g/mol. The van der Waals surface area contributed by atoms with E-state index in [0.29, 0.717) is 11.4 Å². The zero-order chi connectivity index (χ0) is 13.9. The van der Waals surface area contributed by atoms with E-state index in [4.69, 9.17) is 0 Å².